The summed E-state index contributed by atoms with van der Waals surface area (Å²) in [5.74, 6) is 1.24. The van der Waals surface area contributed by atoms with E-state index in [-0.39, 0.29) is 11.9 Å². The highest BCUT2D eigenvalue weighted by Gasteiger charge is 2.33. The number of amides is 1. The normalized spacial score (nSPS) is 15.2. The molecule has 1 aromatic heterocycles. The molecule has 2 aromatic rings. The van der Waals surface area contributed by atoms with Crippen LogP contribution in [0.5, 0.6) is 5.75 Å². The van der Waals surface area contributed by atoms with Crippen molar-refractivity contribution < 1.29 is 9.53 Å². The van der Waals surface area contributed by atoms with E-state index in [0.717, 1.165) is 28.6 Å². The van der Waals surface area contributed by atoms with E-state index in [1.165, 1.54) is 0 Å². The Morgan fingerprint density at radius 3 is 2.64 bits per heavy atom. The molecule has 114 valence electrons. The second kappa shape index (κ2) is 6.48. The molecule has 1 aliphatic carbocycles. The summed E-state index contributed by atoms with van der Waals surface area (Å²) < 4.78 is 5.99. The maximum atomic E-state index is 12.4. The van der Waals surface area contributed by atoms with Crippen LogP contribution >= 0.6 is 15.9 Å². The highest BCUT2D eigenvalue weighted by Crippen LogP contribution is 2.41. The van der Waals surface area contributed by atoms with Gasteiger partial charge in [0, 0.05) is 16.9 Å². The van der Waals surface area contributed by atoms with E-state index in [2.05, 4.69) is 26.2 Å². The molecule has 3 rings (SSSR count). The number of hydrogen-bond donors (Lipinski definition) is 1. The molecule has 4 nitrogen and oxygen atoms in total. The van der Waals surface area contributed by atoms with E-state index in [1.54, 1.807) is 25.6 Å². The second-order valence-corrected chi connectivity index (χ2v) is 6.37. The third-order valence-electron chi connectivity index (χ3n) is 3.82. The predicted octanol–water partition coefficient (Wildman–Crippen LogP) is 3.73. The Hall–Kier alpha value is -1.88. The van der Waals surface area contributed by atoms with Crippen molar-refractivity contribution in [2.75, 3.05) is 7.11 Å². The van der Waals surface area contributed by atoms with Crippen molar-refractivity contribution in [3.8, 4) is 5.75 Å². The number of methoxy groups -OCH3 is 1. The molecular weight excluding hydrogens is 344 g/mol. The Balaban J connectivity index is 1.78. The van der Waals surface area contributed by atoms with Crippen molar-refractivity contribution >= 4 is 21.8 Å². The topological polar surface area (TPSA) is 51.2 Å². The summed E-state index contributed by atoms with van der Waals surface area (Å²) in [5.41, 5.74) is 1.67. The van der Waals surface area contributed by atoms with Crippen LogP contribution in [0.4, 0.5) is 0 Å². The highest BCUT2D eigenvalue weighted by atomic mass is 79.9. The Kier molecular flexibility index (Phi) is 4.43. The number of nitrogens with zero attached hydrogens (tertiary/aromatic N) is 1. The molecule has 1 aliphatic rings. The quantitative estimate of drug-likeness (QED) is 0.883. The largest absolute Gasteiger partial charge is 0.497 e. The first-order valence-corrected chi connectivity index (χ1v) is 8.02. The van der Waals surface area contributed by atoms with Gasteiger partial charge < -0.3 is 10.1 Å². The van der Waals surface area contributed by atoms with Gasteiger partial charge in [-0.15, -0.1) is 0 Å². The molecule has 1 unspecified atom stereocenters. The third kappa shape index (κ3) is 3.47. The first-order valence-electron chi connectivity index (χ1n) is 7.23. The van der Waals surface area contributed by atoms with Gasteiger partial charge in [0.1, 0.15) is 5.75 Å². The molecule has 1 atom stereocenters. The van der Waals surface area contributed by atoms with Gasteiger partial charge in [-0.05, 0) is 58.5 Å². The van der Waals surface area contributed by atoms with Crippen LogP contribution in [0.2, 0.25) is 0 Å². The average molecular weight is 361 g/mol. The van der Waals surface area contributed by atoms with Crippen molar-refractivity contribution in [1.82, 2.24) is 10.3 Å². The van der Waals surface area contributed by atoms with Crippen LogP contribution in [0, 0.1) is 5.92 Å². The highest BCUT2D eigenvalue weighted by molar-refractivity contribution is 9.10. The minimum absolute atomic E-state index is 0.0392. The molecule has 1 amide bonds. The summed E-state index contributed by atoms with van der Waals surface area (Å²) >= 11 is 3.34. The van der Waals surface area contributed by atoms with Crippen molar-refractivity contribution in [1.29, 1.82) is 0 Å². The molecule has 0 bridgehead atoms. The number of hydrogen-bond acceptors (Lipinski definition) is 3. The Labute approximate surface area is 138 Å². The number of aromatic nitrogens is 1. The SMILES string of the molecule is COc1ccc(C(NC(=O)c2cncc(Br)c2)C2CC2)cc1. The fourth-order valence-electron chi connectivity index (χ4n) is 2.47. The van der Waals surface area contributed by atoms with Gasteiger partial charge in [0.2, 0.25) is 0 Å². The van der Waals surface area contributed by atoms with E-state index < -0.39 is 0 Å². The van der Waals surface area contributed by atoms with E-state index >= 15 is 0 Å². The monoisotopic (exact) mass is 360 g/mol. The summed E-state index contributed by atoms with van der Waals surface area (Å²) in [7, 11) is 1.65. The Morgan fingerprint density at radius 1 is 1.32 bits per heavy atom. The molecule has 1 saturated carbocycles. The maximum Gasteiger partial charge on any atom is 0.253 e. The van der Waals surface area contributed by atoms with E-state index in [9.17, 15) is 4.79 Å². The van der Waals surface area contributed by atoms with Crippen molar-refractivity contribution in [3.05, 3.63) is 58.3 Å². The molecular formula is C17H17BrN2O2. The van der Waals surface area contributed by atoms with Gasteiger partial charge in [0.15, 0.2) is 0 Å². The van der Waals surface area contributed by atoms with Crippen LogP contribution in [0.25, 0.3) is 0 Å². The van der Waals surface area contributed by atoms with Gasteiger partial charge in [0.05, 0.1) is 18.7 Å². The fourth-order valence-corrected chi connectivity index (χ4v) is 2.84. The number of pyridine rings is 1. The molecule has 0 spiro atoms. The lowest BCUT2D eigenvalue weighted by atomic mass is 10.0. The lowest BCUT2D eigenvalue weighted by Crippen LogP contribution is -2.30. The summed E-state index contributed by atoms with van der Waals surface area (Å²) in [6.07, 6.45) is 5.54. The van der Waals surface area contributed by atoms with Crippen LogP contribution in [0.3, 0.4) is 0 Å². The van der Waals surface area contributed by atoms with Gasteiger partial charge in [-0.3, -0.25) is 9.78 Å². The van der Waals surface area contributed by atoms with Gasteiger partial charge in [-0.2, -0.15) is 0 Å². The molecule has 0 radical (unpaired) electrons. The number of ether oxygens (including phenoxy) is 1. The zero-order valence-corrected chi connectivity index (χ0v) is 13.8. The molecule has 22 heavy (non-hydrogen) atoms. The predicted molar refractivity (Wildman–Crippen MR) is 87.9 cm³/mol. The number of rotatable bonds is 5. The zero-order chi connectivity index (χ0) is 15.5. The fraction of sp³-hybridized carbons (Fsp3) is 0.294. The summed E-state index contributed by atoms with van der Waals surface area (Å²) in [6.45, 7) is 0. The van der Waals surface area contributed by atoms with Crippen LogP contribution in [0.1, 0.15) is 34.8 Å². The number of benzene rings is 1. The summed E-state index contributed by atoms with van der Waals surface area (Å²) in [4.78, 5) is 16.5. The summed E-state index contributed by atoms with van der Waals surface area (Å²) in [6, 6.07) is 9.70. The van der Waals surface area contributed by atoms with Crippen molar-refractivity contribution in [3.63, 3.8) is 0 Å². The molecule has 5 heteroatoms. The Morgan fingerprint density at radius 2 is 2.05 bits per heavy atom. The van der Waals surface area contributed by atoms with Crippen LogP contribution in [-0.2, 0) is 0 Å². The molecule has 1 aromatic carbocycles. The molecule has 1 fully saturated rings. The van der Waals surface area contributed by atoms with Crippen LogP contribution in [0.15, 0.2) is 47.2 Å². The first kappa shape index (κ1) is 15.0. The van der Waals surface area contributed by atoms with Gasteiger partial charge >= 0.3 is 0 Å². The second-order valence-electron chi connectivity index (χ2n) is 5.45. The van der Waals surface area contributed by atoms with Crippen LogP contribution in [-0.4, -0.2) is 18.0 Å². The zero-order valence-electron chi connectivity index (χ0n) is 12.3. The maximum absolute atomic E-state index is 12.4. The van der Waals surface area contributed by atoms with Gasteiger partial charge in [-0.25, -0.2) is 0 Å². The number of carbonyl (C=O) groups excluding carboxylic acids is 1. The molecule has 1 heterocycles. The van der Waals surface area contributed by atoms with Gasteiger partial charge in [0.25, 0.3) is 5.91 Å². The molecule has 0 aliphatic heterocycles. The number of halogens is 1. The Bertz CT molecular complexity index is 669. The molecule has 0 saturated heterocycles. The van der Waals surface area contributed by atoms with Crippen molar-refractivity contribution in [2.45, 2.75) is 18.9 Å². The minimum atomic E-state index is -0.0958. The smallest absolute Gasteiger partial charge is 0.253 e. The number of carbonyl (C=O) groups is 1. The van der Waals surface area contributed by atoms with Crippen molar-refractivity contribution in [2.24, 2.45) is 5.92 Å². The van der Waals surface area contributed by atoms with E-state index in [4.69, 9.17) is 4.74 Å². The third-order valence-corrected chi connectivity index (χ3v) is 4.26. The first-order chi connectivity index (χ1) is 10.7. The van der Waals surface area contributed by atoms with E-state index in [1.807, 2.05) is 24.3 Å². The van der Waals surface area contributed by atoms with Gasteiger partial charge in [-0.1, -0.05) is 12.1 Å². The minimum Gasteiger partial charge on any atom is -0.497 e. The lowest BCUT2D eigenvalue weighted by molar-refractivity contribution is 0.0931. The number of nitrogens with one attached hydrogen (secondary N) is 1. The van der Waals surface area contributed by atoms with Crippen LogP contribution < -0.4 is 10.1 Å². The average Bonchev–Trinajstić information content (AvgIpc) is 3.37. The van der Waals surface area contributed by atoms with E-state index in [0.29, 0.717) is 11.5 Å². The lowest BCUT2D eigenvalue weighted by Gasteiger charge is -2.19. The summed E-state index contributed by atoms with van der Waals surface area (Å²) in [5, 5.41) is 3.14. The molecule has 1 N–H and O–H groups in total. The standard InChI is InChI=1S/C17H17BrN2O2/c1-22-15-6-4-12(5-7-15)16(11-2-3-11)20-17(21)13-8-14(18)10-19-9-13/h4-11,16H,2-3H2,1H3,(H,20,21).